The van der Waals surface area contributed by atoms with E-state index >= 15 is 0 Å². The van der Waals surface area contributed by atoms with Crippen molar-refractivity contribution >= 4 is 5.91 Å². The second kappa shape index (κ2) is 5.10. The van der Waals surface area contributed by atoms with E-state index < -0.39 is 5.60 Å². The number of rotatable bonds is 4. The van der Waals surface area contributed by atoms with Gasteiger partial charge in [0.1, 0.15) is 0 Å². The van der Waals surface area contributed by atoms with Gasteiger partial charge in [-0.15, -0.1) is 0 Å². The third-order valence-corrected chi connectivity index (χ3v) is 3.04. The smallest absolute Gasteiger partial charge is 0.226 e. The van der Waals surface area contributed by atoms with Crippen LogP contribution in [-0.4, -0.2) is 44.9 Å². The van der Waals surface area contributed by atoms with Gasteiger partial charge in [0.2, 0.25) is 5.91 Å². The minimum Gasteiger partial charge on any atom is -0.389 e. The largest absolute Gasteiger partial charge is 0.389 e. The Balaban J connectivity index is 2.76. The molecule has 0 saturated heterocycles. The Labute approximate surface area is 108 Å². The number of amides is 1. The van der Waals surface area contributed by atoms with Crippen LogP contribution >= 0.6 is 0 Å². The maximum Gasteiger partial charge on any atom is 0.226 e. The van der Waals surface area contributed by atoms with E-state index in [1.54, 1.807) is 30.5 Å². The lowest BCUT2D eigenvalue weighted by Crippen LogP contribution is -2.40. The van der Waals surface area contributed by atoms with E-state index in [1.165, 1.54) is 0 Å². The molecular weight excluding hydrogens is 230 g/mol. The minimum atomic E-state index is -0.872. The number of carbonyl (C=O) groups excluding carboxylic acids is 1. The van der Waals surface area contributed by atoms with Crippen molar-refractivity contribution < 1.29 is 9.90 Å². The molecule has 0 fully saturated rings. The molecule has 0 bridgehead atoms. The van der Waals surface area contributed by atoms with Crippen LogP contribution in [0.1, 0.15) is 30.8 Å². The zero-order valence-electron chi connectivity index (χ0n) is 12.1. The van der Waals surface area contributed by atoms with E-state index in [4.69, 9.17) is 0 Å². The summed E-state index contributed by atoms with van der Waals surface area (Å²) >= 11 is 0. The van der Waals surface area contributed by atoms with Crippen LogP contribution in [0.5, 0.6) is 0 Å². The highest BCUT2D eigenvalue weighted by molar-refractivity contribution is 5.79. The second-order valence-corrected chi connectivity index (χ2v) is 5.51. The Bertz CT molecular complexity index is 444. The highest BCUT2D eigenvalue weighted by atomic mass is 16.3. The zero-order chi connectivity index (χ0) is 14.1. The minimum absolute atomic E-state index is 0.00340. The van der Waals surface area contributed by atoms with Crippen molar-refractivity contribution in [2.45, 2.75) is 39.7 Å². The van der Waals surface area contributed by atoms with Gasteiger partial charge in [-0.05, 0) is 27.7 Å². The monoisotopic (exact) mass is 253 g/mol. The molecular formula is C13H23N3O2. The highest BCUT2D eigenvalue weighted by Gasteiger charge is 2.21. The maximum atomic E-state index is 12.1. The molecule has 1 amide bonds. The molecule has 0 aliphatic heterocycles. The molecule has 0 aliphatic carbocycles. The predicted octanol–water partition coefficient (Wildman–Crippen LogP) is 0.809. The van der Waals surface area contributed by atoms with Crippen molar-refractivity contribution in [1.82, 2.24) is 14.7 Å². The van der Waals surface area contributed by atoms with Gasteiger partial charge in [0.05, 0.1) is 17.7 Å². The number of likely N-dealkylation sites (N-methyl/N-ethyl adjacent to an activating group) is 1. The van der Waals surface area contributed by atoms with E-state index in [1.807, 2.05) is 20.9 Å². The summed E-state index contributed by atoms with van der Waals surface area (Å²) in [6.07, 6.45) is 0.331. The van der Waals surface area contributed by atoms with Gasteiger partial charge < -0.3 is 10.0 Å². The van der Waals surface area contributed by atoms with E-state index in [2.05, 4.69) is 5.10 Å². The van der Waals surface area contributed by atoms with E-state index in [-0.39, 0.29) is 5.91 Å². The summed E-state index contributed by atoms with van der Waals surface area (Å²) in [7, 11) is 3.58. The fourth-order valence-corrected chi connectivity index (χ4v) is 2.03. The fraction of sp³-hybridized carbons (Fsp3) is 0.692. The van der Waals surface area contributed by atoms with Crippen LogP contribution in [0.2, 0.25) is 0 Å². The van der Waals surface area contributed by atoms with Gasteiger partial charge in [-0.2, -0.15) is 5.10 Å². The van der Waals surface area contributed by atoms with Crippen LogP contribution < -0.4 is 0 Å². The van der Waals surface area contributed by atoms with Crippen LogP contribution in [-0.2, 0) is 18.3 Å². The first-order chi connectivity index (χ1) is 8.11. The molecule has 0 radical (unpaired) electrons. The number of aromatic nitrogens is 2. The van der Waals surface area contributed by atoms with Crippen molar-refractivity contribution in [3.05, 3.63) is 17.0 Å². The number of aryl methyl sites for hydroxylation is 2. The normalized spacial score (nSPS) is 11.7. The SMILES string of the molecule is Cc1nn(C)c(C)c1CC(=O)N(C)CC(C)(C)O. The molecule has 1 aromatic rings. The first-order valence-electron chi connectivity index (χ1n) is 6.07. The van der Waals surface area contributed by atoms with Crippen LogP contribution in [0.15, 0.2) is 0 Å². The third-order valence-electron chi connectivity index (χ3n) is 3.04. The van der Waals surface area contributed by atoms with E-state index in [0.29, 0.717) is 13.0 Å². The summed E-state index contributed by atoms with van der Waals surface area (Å²) in [6, 6.07) is 0. The lowest BCUT2D eigenvalue weighted by molar-refractivity contribution is -0.131. The summed E-state index contributed by atoms with van der Waals surface area (Å²) in [6.45, 7) is 7.57. The molecule has 102 valence electrons. The molecule has 0 unspecified atom stereocenters. The average molecular weight is 253 g/mol. The van der Waals surface area contributed by atoms with Crippen LogP contribution in [0.4, 0.5) is 0 Å². The first kappa shape index (κ1) is 14.7. The summed E-state index contributed by atoms with van der Waals surface area (Å²) in [5, 5.41) is 14.0. The molecule has 0 saturated carbocycles. The number of carbonyl (C=O) groups is 1. The number of nitrogens with zero attached hydrogens (tertiary/aromatic N) is 3. The lowest BCUT2D eigenvalue weighted by Gasteiger charge is -2.25. The van der Waals surface area contributed by atoms with Gasteiger partial charge in [0.15, 0.2) is 0 Å². The average Bonchev–Trinajstić information content (AvgIpc) is 2.42. The topological polar surface area (TPSA) is 58.4 Å². The molecule has 0 aromatic carbocycles. The first-order valence-corrected chi connectivity index (χ1v) is 6.07. The molecule has 18 heavy (non-hydrogen) atoms. The Morgan fingerprint density at radius 3 is 2.39 bits per heavy atom. The zero-order valence-corrected chi connectivity index (χ0v) is 12.1. The predicted molar refractivity (Wildman–Crippen MR) is 70.3 cm³/mol. The van der Waals surface area contributed by atoms with Crippen molar-refractivity contribution in [3.8, 4) is 0 Å². The van der Waals surface area contributed by atoms with Crippen LogP contribution in [0.25, 0.3) is 0 Å². The Morgan fingerprint density at radius 1 is 1.44 bits per heavy atom. The quantitative estimate of drug-likeness (QED) is 0.864. The molecule has 1 heterocycles. The van der Waals surface area contributed by atoms with E-state index in [0.717, 1.165) is 17.0 Å². The third kappa shape index (κ3) is 3.57. The van der Waals surface area contributed by atoms with Gasteiger partial charge in [-0.25, -0.2) is 0 Å². The van der Waals surface area contributed by atoms with Crippen molar-refractivity contribution in [2.24, 2.45) is 7.05 Å². The number of hydrogen-bond acceptors (Lipinski definition) is 3. The van der Waals surface area contributed by atoms with Gasteiger partial charge in [-0.1, -0.05) is 0 Å². The Kier molecular flexibility index (Phi) is 4.16. The molecule has 0 atom stereocenters. The molecule has 1 N–H and O–H groups in total. The van der Waals surface area contributed by atoms with Gasteiger partial charge in [0.25, 0.3) is 0 Å². The Hall–Kier alpha value is -1.36. The van der Waals surface area contributed by atoms with E-state index in [9.17, 15) is 9.90 Å². The summed E-state index contributed by atoms with van der Waals surface area (Å²) in [5.74, 6) is -0.00340. The van der Waals surface area contributed by atoms with Crippen molar-refractivity contribution in [3.63, 3.8) is 0 Å². The number of hydrogen-bond donors (Lipinski definition) is 1. The molecule has 1 rings (SSSR count). The molecule has 0 aliphatic rings. The lowest BCUT2D eigenvalue weighted by atomic mass is 10.1. The summed E-state index contributed by atoms with van der Waals surface area (Å²) < 4.78 is 1.79. The van der Waals surface area contributed by atoms with Gasteiger partial charge >= 0.3 is 0 Å². The summed E-state index contributed by atoms with van der Waals surface area (Å²) in [5.41, 5.74) is 2.01. The molecule has 5 heteroatoms. The maximum absolute atomic E-state index is 12.1. The number of aliphatic hydroxyl groups is 1. The van der Waals surface area contributed by atoms with Crippen molar-refractivity contribution in [2.75, 3.05) is 13.6 Å². The van der Waals surface area contributed by atoms with Gasteiger partial charge in [0, 0.05) is 31.9 Å². The second-order valence-electron chi connectivity index (χ2n) is 5.51. The summed E-state index contributed by atoms with van der Waals surface area (Å²) in [4.78, 5) is 13.6. The Morgan fingerprint density at radius 2 is 2.00 bits per heavy atom. The highest BCUT2D eigenvalue weighted by Crippen LogP contribution is 2.14. The molecule has 0 spiro atoms. The molecule has 5 nitrogen and oxygen atoms in total. The fourth-order valence-electron chi connectivity index (χ4n) is 2.03. The van der Waals surface area contributed by atoms with Crippen molar-refractivity contribution in [1.29, 1.82) is 0 Å². The van der Waals surface area contributed by atoms with Gasteiger partial charge in [-0.3, -0.25) is 9.48 Å². The van der Waals surface area contributed by atoms with Crippen LogP contribution in [0, 0.1) is 13.8 Å². The standard InChI is InChI=1S/C13H23N3O2/c1-9-11(10(2)16(6)14-9)7-12(17)15(5)8-13(3,4)18/h18H,7-8H2,1-6H3. The van der Waals surface area contributed by atoms with Crippen LogP contribution in [0.3, 0.4) is 0 Å². The molecule has 1 aromatic heterocycles.